The van der Waals surface area contributed by atoms with Crippen LogP contribution >= 0.6 is 0 Å². The Balaban J connectivity index is 2.60. The number of carboxylic acid groups (broad SMARTS) is 1. The average Bonchev–Trinajstić information content (AvgIpc) is 2.62. The molecule has 2 N–H and O–H groups in total. The fourth-order valence-corrected chi connectivity index (χ4v) is 1.10. The third-order valence-electron chi connectivity index (χ3n) is 1.80. The zero-order valence-electron chi connectivity index (χ0n) is 8.43. The van der Waals surface area contributed by atoms with Crippen molar-refractivity contribution in [2.75, 3.05) is 6.54 Å². The van der Waals surface area contributed by atoms with Crippen molar-refractivity contribution in [1.82, 2.24) is 15.1 Å². The smallest absolute Gasteiger partial charge is 0.354 e. The monoisotopic (exact) mass is 211 g/mol. The van der Waals surface area contributed by atoms with Crippen LogP contribution in [0.5, 0.6) is 0 Å². The summed E-state index contributed by atoms with van der Waals surface area (Å²) in [7, 11) is 0. The standard InChI is InChI=1S/C9H13N3O3/c1-2-4-10-8(13)6-12-7(9(14)15)3-5-11-12/h3,5H,2,4,6H2,1H3,(H,10,13)(H,14,15). The second kappa shape index (κ2) is 5.14. The van der Waals surface area contributed by atoms with E-state index in [1.807, 2.05) is 6.92 Å². The summed E-state index contributed by atoms with van der Waals surface area (Å²) in [4.78, 5) is 22.0. The van der Waals surface area contributed by atoms with Crippen LogP contribution < -0.4 is 5.32 Å². The van der Waals surface area contributed by atoms with Crippen molar-refractivity contribution in [3.8, 4) is 0 Å². The number of carbonyl (C=O) groups excluding carboxylic acids is 1. The molecule has 0 fully saturated rings. The van der Waals surface area contributed by atoms with Gasteiger partial charge in [0.15, 0.2) is 0 Å². The number of nitrogens with one attached hydrogen (secondary N) is 1. The molecule has 0 aromatic carbocycles. The van der Waals surface area contributed by atoms with E-state index in [1.54, 1.807) is 0 Å². The molecular weight excluding hydrogens is 198 g/mol. The molecule has 6 nitrogen and oxygen atoms in total. The summed E-state index contributed by atoms with van der Waals surface area (Å²) >= 11 is 0. The zero-order chi connectivity index (χ0) is 11.3. The van der Waals surface area contributed by atoms with Crippen molar-refractivity contribution >= 4 is 11.9 Å². The topological polar surface area (TPSA) is 84.2 Å². The Hall–Kier alpha value is -1.85. The minimum atomic E-state index is -1.09. The Labute approximate surface area is 86.9 Å². The van der Waals surface area contributed by atoms with Crippen molar-refractivity contribution in [3.05, 3.63) is 18.0 Å². The van der Waals surface area contributed by atoms with E-state index >= 15 is 0 Å². The summed E-state index contributed by atoms with van der Waals surface area (Å²) in [6.45, 7) is 2.47. The van der Waals surface area contributed by atoms with Crippen molar-refractivity contribution in [2.45, 2.75) is 19.9 Å². The highest BCUT2D eigenvalue weighted by Gasteiger charge is 2.12. The molecule has 1 rings (SSSR count). The summed E-state index contributed by atoms with van der Waals surface area (Å²) in [5.41, 5.74) is 0.0154. The van der Waals surface area contributed by atoms with Gasteiger partial charge in [-0.3, -0.25) is 4.79 Å². The summed E-state index contributed by atoms with van der Waals surface area (Å²) in [6, 6.07) is 1.36. The first-order valence-electron chi connectivity index (χ1n) is 4.67. The van der Waals surface area contributed by atoms with Gasteiger partial charge in [-0.2, -0.15) is 5.10 Å². The van der Waals surface area contributed by atoms with E-state index in [-0.39, 0.29) is 18.1 Å². The van der Waals surface area contributed by atoms with Crippen LogP contribution in [0.4, 0.5) is 0 Å². The molecule has 1 aromatic heterocycles. The summed E-state index contributed by atoms with van der Waals surface area (Å²) in [5, 5.41) is 15.2. The Morgan fingerprint density at radius 3 is 2.93 bits per heavy atom. The maximum atomic E-state index is 11.3. The number of hydrogen-bond acceptors (Lipinski definition) is 3. The van der Waals surface area contributed by atoms with Crippen LogP contribution in [-0.4, -0.2) is 33.3 Å². The lowest BCUT2D eigenvalue weighted by Crippen LogP contribution is -2.29. The predicted octanol–water partition coefficient (Wildman–Crippen LogP) is 0.107. The number of rotatable bonds is 5. The molecule has 0 aliphatic rings. The normalized spacial score (nSPS) is 9.93. The molecule has 0 saturated carbocycles. The molecule has 0 saturated heterocycles. The Kier molecular flexibility index (Phi) is 3.84. The number of carboxylic acids is 1. The first kappa shape index (κ1) is 11.2. The third-order valence-corrected chi connectivity index (χ3v) is 1.80. The number of amides is 1. The second-order valence-corrected chi connectivity index (χ2v) is 3.03. The molecule has 1 aromatic rings. The fourth-order valence-electron chi connectivity index (χ4n) is 1.10. The molecule has 1 amide bonds. The van der Waals surface area contributed by atoms with Crippen LogP contribution in [0, 0.1) is 0 Å². The van der Waals surface area contributed by atoms with Gasteiger partial charge in [0, 0.05) is 12.7 Å². The van der Waals surface area contributed by atoms with E-state index in [0.717, 1.165) is 11.1 Å². The number of hydrogen-bond donors (Lipinski definition) is 2. The minimum absolute atomic E-state index is 0.0154. The summed E-state index contributed by atoms with van der Waals surface area (Å²) in [5.74, 6) is -1.32. The number of aromatic nitrogens is 2. The van der Waals surface area contributed by atoms with Crippen molar-refractivity contribution < 1.29 is 14.7 Å². The van der Waals surface area contributed by atoms with E-state index in [0.29, 0.717) is 6.54 Å². The predicted molar refractivity (Wildman–Crippen MR) is 52.5 cm³/mol. The highest BCUT2D eigenvalue weighted by atomic mass is 16.4. The molecule has 0 aliphatic carbocycles. The molecule has 15 heavy (non-hydrogen) atoms. The maximum absolute atomic E-state index is 11.3. The Morgan fingerprint density at radius 2 is 2.33 bits per heavy atom. The number of nitrogens with zero attached hydrogens (tertiary/aromatic N) is 2. The summed E-state index contributed by atoms with van der Waals surface area (Å²) in [6.07, 6.45) is 2.20. The largest absolute Gasteiger partial charge is 0.477 e. The van der Waals surface area contributed by atoms with Crippen LogP contribution in [0.2, 0.25) is 0 Å². The first-order chi connectivity index (χ1) is 7.15. The van der Waals surface area contributed by atoms with Crippen molar-refractivity contribution in [2.24, 2.45) is 0 Å². The van der Waals surface area contributed by atoms with Crippen LogP contribution in [0.25, 0.3) is 0 Å². The van der Waals surface area contributed by atoms with Gasteiger partial charge in [0.2, 0.25) is 5.91 Å². The molecular formula is C9H13N3O3. The van der Waals surface area contributed by atoms with Gasteiger partial charge < -0.3 is 10.4 Å². The Morgan fingerprint density at radius 1 is 1.60 bits per heavy atom. The number of carbonyl (C=O) groups is 2. The fraction of sp³-hybridized carbons (Fsp3) is 0.444. The van der Waals surface area contributed by atoms with E-state index in [2.05, 4.69) is 10.4 Å². The lowest BCUT2D eigenvalue weighted by Gasteiger charge is -2.05. The van der Waals surface area contributed by atoms with E-state index < -0.39 is 5.97 Å². The SMILES string of the molecule is CCCNC(=O)Cn1nccc1C(=O)O. The van der Waals surface area contributed by atoms with Crippen molar-refractivity contribution in [3.63, 3.8) is 0 Å². The van der Waals surface area contributed by atoms with Crippen molar-refractivity contribution in [1.29, 1.82) is 0 Å². The van der Waals surface area contributed by atoms with Gasteiger partial charge in [0.1, 0.15) is 12.2 Å². The molecule has 0 radical (unpaired) electrons. The van der Waals surface area contributed by atoms with Gasteiger partial charge in [0.25, 0.3) is 0 Å². The molecule has 0 unspecified atom stereocenters. The molecule has 0 aliphatic heterocycles. The van der Waals surface area contributed by atoms with Gasteiger partial charge in [-0.1, -0.05) is 6.92 Å². The average molecular weight is 211 g/mol. The van der Waals surface area contributed by atoms with Gasteiger partial charge in [-0.05, 0) is 12.5 Å². The highest BCUT2D eigenvalue weighted by molar-refractivity contribution is 5.86. The zero-order valence-corrected chi connectivity index (χ0v) is 8.43. The lowest BCUT2D eigenvalue weighted by molar-refractivity contribution is -0.121. The van der Waals surface area contributed by atoms with Gasteiger partial charge >= 0.3 is 5.97 Å². The van der Waals surface area contributed by atoms with E-state index in [1.165, 1.54) is 12.3 Å². The Bertz CT molecular complexity index is 359. The first-order valence-corrected chi connectivity index (χ1v) is 4.67. The molecule has 0 spiro atoms. The molecule has 0 bridgehead atoms. The number of aromatic carboxylic acids is 1. The molecule has 82 valence electrons. The maximum Gasteiger partial charge on any atom is 0.354 e. The molecule has 6 heteroatoms. The quantitative estimate of drug-likeness (QED) is 0.723. The van der Waals surface area contributed by atoms with Crippen LogP contribution in [-0.2, 0) is 11.3 Å². The third kappa shape index (κ3) is 3.08. The highest BCUT2D eigenvalue weighted by Crippen LogP contribution is 1.98. The van der Waals surface area contributed by atoms with E-state index in [9.17, 15) is 9.59 Å². The van der Waals surface area contributed by atoms with Crippen LogP contribution in [0.3, 0.4) is 0 Å². The molecule has 0 atom stereocenters. The van der Waals surface area contributed by atoms with Crippen LogP contribution in [0.15, 0.2) is 12.3 Å². The second-order valence-electron chi connectivity index (χ2n) is 3.03. The minimum Gasteiger partial charge on any atom is -0.477 e. The van der Waals surface area contributed by atoms with Crippen LogP contribution in [0.1, 0.15) is 23.8 Å². The van der Waals surface area contributed by atoms with Gasteiger partial charge in [-0.25, -0.2) is 9.48 Å². The lowest BCUT2D eigenvalue weighted by atomic mass is 10.4. The summed E-state index contributed by atoms with van der Waals surface area (Å²) < 4.78 is 1.16. The van der Waals surface area contributed by atoms with E-state index in [4.69, 9.17) is 5.11 Å². The molecule has 1 heterocycles. The van der Waals surface area contributed by atoms with Gasteiger partial charge in [-0.15, -0.1) is 0 Å². The van der Waals surface area contributed by atoms with Gasteiger partial charge in [0.05, 0.1) is 0 Å².